The summed E-state index contributed by atoms with van der Waals surface area (Å²) in [7, 11) is 0. The first kappa shape index (κ1) is 18.3. The molecule has 0 radical (unpaired) electrons. The molecule has 4 heterocycles. The van der Waals surface area contributed by atoms with E-state index in [1.54, 1.807) is 0 Å². The maximum Gasteiger partial charge on any atom is 0.161 e. The summed E-state index contributed by atoms with van der Waals surface area (Å²) >= 11 is 1.83. The highest BCUT2D eigenvalue weighted by molar-refractivity contribution is 8.14. The van der Waals surface area contributed by atoms with Gasteiger partial charge in [-0.3, -0.25) is 4.98 Å². The fourth-order valence-corrected chi connectivity index (χ4v) is 5.07. The number of pyridine rings is 1. The fourth-order valence-electron chi connectivity index (χ4n) is 3.97. The van der Waals surface area contributed by atoms with Crippen molar-refractivity contribution in [3.63, 3.8) is 0 Å². The van der Waals surface area contributed by atoms with Crippen molar-refractivity contribution in [3.05, 3.63) is 72.2 Å². The minimum absolute atomic E-state index is 0.0359. The number of furan rings is 1. The number of amidine groups is 1. The smallest absolute Gasteiger partial charge is 0.161 e. The number of fused-ring (bicyclic) bond motifs is 1. The molecule has 5 rings (SSSR count). The highest BCUT2D eigenvalue weighted by Gasteiger charge is 2.45. The summed E-state index contributed by atoms with van der Waals surface area (Å²) in [5, 5.41) is 1.62. The van der Waals surface area contributed by atoms with E-state index in [0.29, 0.717) is 11.9 Å². The first-order chi connectivity index (χ1) is 14.2. The van der Waals surface area contributed by atoms with Gasteiger partial charge in [-0.05, 0) is 55.5 Å². The molecule has 0 aliphatic carbocycles. The third-order valence-corrected chi connectivity index (χ3v) is 6.35. The number of hydrogen-bond acceptors (Lipinski definition) is 6. The Morgan fingerprint density at radius 2 is 2.00 bits per heavy atom. The highest BCUT2D eigenvalue weighted by atomic mass is 32.2. The minimum Gasteiger partial charge on any atom is -0.494 e. The second-order valence-electron chi connectivity index (χ2n) is 7.30. The lowest BCUT2D eigenvalue weighted by Crippen LogP contribution is -2.28. The van der Waals surface area contributed by atoms with Gasteiger partial charge in [0.25, 0.3) is 0 Å². The molecule has 2 aliphatic heterocycles. The number of ether oxygens (including phenoxy) is 1. The van der Waals surface area contributed by atoms with Crippen LogP contribution in [0.2, 0.25) is 0 Å². The second kappa shape index (κ2) is 7.59. The zero-order chi connectivity index (χ0) is 19.8. The van der Waals surface area contributed by atoms with E-state index in [1.165, 1.54) is 0 Å². The lowest BCUT2D eigenvalue weighted by molar-refractivity contribution is 0.277. The summed E-state index contributed by atoms with van der Waals surface area (Å²) in [5.74, 6) is 2.66. The van der Waals surface area contributed by atoms with Crippen LogP contribution in [0, 0.1) is 0 Å². The van der Waals surface area contributed by atoms with Crippen molar-refractivity contribution in [2.24, 2.45) is 4.99 Å². The van der Waals surface area contributed by atoms with Crippen molar-refractivity contribution in [3.8, 4) is 17.1 Å². The van der Waals surface area contributed by atoms with Crippen LogP contribution in [0.25, 0.3) is 11.3 Å². The van der Waals surface area contributed by atoms with Crippen molar-refractivity contribution in [2.45, 2.75) is 31.2 Å². The van der Waals surface area contributed by atoms with Gasteiger partial charge >= 0.3 is 0 Å². The van der Waals surface area contributed by atoms with Gasteiger partial charge in [-0.15, -0.1) is 0 Å². The molecule has 0 spiro atoms. The summed E-state index contributed by atoms with van der Waals surface area (Å²) in [5.41, 5.74) is 2.02. The standard InChI is InChI=1S/C23H23N3O2S/c1-3-27-17-9-7-16(8-10-17)19-11-12-20(28-19)22-21(18-6-4-5-13-24-18)25-23-26(22)14-15(2)29-23/h4-13,15,21-22H,3,14H2,1-2H3/t15-,21+,22-/m1/s1. The van der Waals surface area contributed by atoms with Crippen molar-refractivity contribution in [1.29, 1.82) is 0 Å². The van der Waals surface area contributed by atoms with Crippen LogP contribution in [0.1, 0.15) is 37.4 Å². The maximum atomic E-state index is 6.36. The molecular weight excluding hydrogens is 382 g/mol. The molecule has 2 aromatic heterocycles. The summed E-state index contributed by atoms with van der Waals surface area (Å²) in [6.07, 6.45) is 1.83. The number of aliphatic imine (C=N–C) groups is 1. The monoisotopic (exact) mass is 405 g/mol. The Morgan fingerprint density at radius 1 is 1.14 bits per heavy atom. The summed E-state index contributed by atoms with van der Waals surface area (Å²) in [6, 6.07) is 18.2. The number of rotatable bonds is 5. The minimum atomic E-state index is -0.0504. The first-order valence-corrected chi connectivity index (χ1v) is 10.9. The molecule has 0 amide bonds. The molecule has 1 saturated heterocycles. The number of benzene rings is 1. The highest BCUT2D eigenvalue weighted by Crippen LogP contribution is 2.48. The number of aromatic nitrogens is 1. The van der Waals surface area contributed by atoms with Crippen LogP contribution < -0.4 is 4.74 Å². The molecule has 0 N–H and O–H groups in total. The summed E-state index contributed by atoms with van der Waals surface area (Å²) < 4.78 is 11.9. The topological polar surface area (TPSA) is 50.9 Å². The largest absolute Gasteiger partial charge is 0.494 e. The molecule has 1 aromatic carbocycles. The van der Waals surface area contributed by atoms with E-state index in [4.69, 9.17) is 14.1 Å². The van der Waals surface area contributed by atoms with Crippen LogP contribution >= 0.6 is 11.8 Å². The molecule has 6 heteroatoms. The van der Waals surface area contributed by atoms with E-state index in [2.05, 4.69) is 22.9 Å². The molecule has 5 nitrogen and oxygen atoms in total. The normalized spacial score (nSPS) is 23.2. The lowest BCUT2D eigenvalue weighted by Gasteiger charge is -2.25. The Morgan fingerprint density at radius 3 is 2.76 bits per heavy atom. The third-order valence-electron chi connectivity index (χ3n) is 5.25. The van der Waals surface area contributed by atoms with Gasteiger partial charge in [-0.2, -0.15) is 0 Å². The number of nitrogens with zero attached hydrogens (tertiary/aromatic N) is 3. The molecular formula is C23H23N3O2S. The predicted octanol–water partition coefficient (Wildman–Crippen LogP) is 5.33. The van der Waals surface area contributed by atoms with Gasteiger partial charge in [-0.25, -0.2) is 4.99 Å². The van der Waals surface area contributed by atoms with Crippen LogP contribution in [-0.4, -0.2) is 33.5 Å². The van der Waals surface area contributed by atoms with E-state index >= 15 is 0 Å². The van der Waals surface area contributed by atoms with Crippen molar-refractivity contribution >= 4 is 16.9 Å². The quantitative estimate of drug-likeness (QED) is 0.574. The van der Waals surface area contributed by atoms with Gasteiger partial charge in [-0.1, -0.05) is 24.8 Å². The van der Waals surface area contributed by atoms with Gasteiger partial charge in [0.2, 0.25) is 0 Å². The molecule has 1 fully saturated rings. The number of hydrogen-bond donors (Lipinski definition) is 0. The molecule has 0 saturated carbocycles. The Bertz CT molecular complexity index is 1020. The van der Waals surface area contributed by atoms with Crippen molar-refractivity contribution in [1.82, 2.24) is 9.88 Å². The van der Waals surface area contributed by atoms with Crippen molar-refractivity contribution < 1.29 is 9.15 Å². The van der Waals surface area contributed by atoms with Crippen LogP contribution in [0.3, 0.4) is 0 Å². The molecule has 148 valence electrons. The summed E-state index contributed by atoms with van der Waals surface area (Å²) in [4.78, 5) is 12.0. The van der Waals surface area contributed by atoms with Gasteiger partial charge in [0.15, 0.2) is 5.17 Å². The van der Waals surface area contributed by atoms with Crippen LogP contribution in [-0.2, 0) is 0 Å². The predicted molar refractivity (Wildman–Crippen MR) is 116 cm³/mol. The van der Waals surface area contributed by atoms with Crippen LogP contribution in [0.5, 0.6) is 5.75 Å². The maximum absolute atomic E-state index is 6.36. The van der Waals surface area contributed by atoms with Crippen molar-refractivity contribution in [2.75, 3.05) is 13.2 Å². The van der Waals surface area contributed by atoms with Gasteiger partial charge in [0.05, 0.1) is 12.3 Å². The third kappa shape index (κ3) is 3.42. The van der Waals surface area contributed by atoms with E-state index in [-0.39, 0.29) is 12.1 Å². The Labute approximate surface area is 174 Å². The van der Waals surface area contributed by atoms with Gasteiger partial charge in [0.1, 0.15) is 29.4 Å². The first-order valence-electron chi connectivity index (χ1n) is 9.98. The van der Waals surface area contributed by atoms with E-state index in [9.17, 15) is 0 Å². The molecule has 0 unspecified atom stereocenters. The van der Waals surface area contributed by atoms with Crippen LogP contribution in [0.15, 0.2) is 70.2 Å². The number of thioether (sulfide) groups is 1. The second-order valence-corrected chi connectivity index (χ2v) is 8.70. The molecule has 2 aliphatic rings. The summed E-state index contributed by atoms with van der Waals surface area (Å²) in [6.45, 7) is 5.86. The molecule has 29 heavy (non-hydrogen) atoms. The van der Waals surface area contributed by atoms with E-state index in [0.717, 1.165) is 40.2 Å². The van der Waals surface area contributed by atoms with E-state index < -0.39 is 0 Å². The molecule has 0 bridgehead atoms. The van der Waals surface area contributed by atoms with Gasteiger partial charge in [0, 0.05) is 23.6 Å². The molecule has 3 aromatic rings. The van der Waals surface area contributed by atoms with E-state index in [1.807, 2.05) is 73.4 Å². The average Bonchev–Trinajstić information content (AvgIpc) is 3.43. The SMILES string of the molecule is CCOc1ccc(-c2ccc([C@@H]3[C@H](c4ccccn4)N=C4S[C@H](C)CN43)o2)cc1. The Balaban J connectivity index is 1.47. The average molecular weight is 406 g/mol. The lowest BCUT2D eigenvalue weighted by atomic mass is 10.0. The molecule has 3 atom stereocenters. The van der Waals surface area contributed by atoms with Gasteiger partial charge < -0.3 is 14.1 Å². The Kier molecular flexibility index (Phi) is 4.79. The zero-order valence-electron chi connectivity index (χ0n) is 16.5. The zero-order valence-corrected chi connectivity index (χ0v) is 17.3. The van der Waals surface area contributed by atoms with Crippen LogP contribution in [0.4, 0.5) is 0 Å². The Hall–Kier alpha value is -2.73. The fraction of sp³-hybridized carbons (Fsp3) is 0.304.